The van der Waals surface area contributed by atoms with Gasteiger partial charge in [0.15, 0.2) is 0 Å². The molecule has 20 heavy (non-hydrogen) atoms. The number of piperazine rings is 1. The van der Waals surface area contributed by atoms with Gasteiger partial charge in [0.25, 0.3) is 0 Å². The smallest absolute Gasteiger partial charge is 0.214 e. The molecule has 1 aliphatic rings. The van der Waals surface area contributed by atoms with Crippen LogP contribution in [0.2, 0.25) is 5.02 Å². The first-order valence-electron chi connectivity index (χ1n) is 7.00. The normalized spacial score (nSPS) is 21.0. The molecule has 1 N–H and O–H groups in total. The number of unbranched alkanes of at least 4 members (excludes halogenated alkanes) is 1. The summed E-state index contributed by atoms with van der Waals surface area (Å²) in [6, 6.07) is 7.29. The number of nitrogens with zero attached hydrogens (tertiary/aromatic N) is 1. The Balaban J connectivity index is 2.25. The fraction of sp³-hybridized carbons (Fsp3) is 0.571. The molecule has 0 aliphatic carbocycles. The van der Waals surface area contributed by atoms with Gasteiger partial charge in [0.05, 0.1) is 11.8 Å². The second kappa shape index (κ2) is 6.89. The first-order chi connectivity index (χ1) is 9.54. The van der Waals surface area contributed by atoms with E-state index in [1.54, 1.807) is 10.4 Å². The van der Waals surface area contributed by atoms with Crippen molar-refractivity contribution < 1.29 is 8.42 Å². The van der Waals surface area contributed by atoms with Crippen molar-refractivity contribution in [3.05, 3.63) is 34.9 Å². The van der Waals surface area contributed by atoms with Crippen molar-refractivity contribution in [1.29, 1.82) is 0 Å². The standard InChI is InChI=1S/C14H21ClN2O2S/c1-2-3-9-20(18,19)17-8-7-16-11-14(17)12-5-4-6-13(15)10-12/h4-6,10,14,16H,2-3,7-9,11H2,1H3. The average Bonchev–Trinajstić information content (AvgIpc) is 2.45. The number of sulfonamides is 1. The second-order valence-corrected chi connectivity index (χ2v) is 7.53. The maximum Gasteiger partial charge on any atom is 0.214 e. The molecule has 0 saturated carbocycles. The van der Waals surface area contributed by atoms with Crippen molar-refractivity contribution >= 4 is 21.6 Å². The van der Waals surface area contributed by atoms with E-state index in [0.717, 1.165) is 12.0 Å². The Kier molecular flexibility index (Phi) is 5.43. The van der Waals surface area contributed by atoms with Crippen LogP contribution in [0.5, 0.6) is 0 Å². The van der Waals surface area contributed by atoms with Crippen LogP contribution in [-0.4, -0.2) is 38.1 Å². The van der Waals surface area contributed by atoms with Gasteiger partial charge in [-0.2, -0.15) is 4.31 Å². The molecular weight excluding hydrogens is 296 g/mol. The molecule has 0 bridgehead atoms. The molecule has 1 aromatic rings. The fourth-order valence-corrected chi connectivity index (χ4v) is 4.50. The molecular formula is C14H21ClN2O2S. The molecule has 2 rings (SSSR count). The van der Waals surface area contributed by atoms with E-state index < -0.39 is 10.0 Å². The maximum absolute atomic E-state index is 12.5. The highest BCUT2D eigenvalue weighted by atomic mass is 35.5. The number of halogens is 1. The molecule has 1 aromatic carbocycles. The molecule has 1 unspecified atom stereocenters. The number of hydrogen-bond acceptors (Lipinski definition) is 3. The average molecular weight is 317 g/mol. The van der Waals surface area contributed by atoms with E-state index in [4.69, 9.17) is 11.6 Å². The predicted octanol–water partition coefficient (Wildman–Crippen LogP) is 2.42. The lowest BCUT2D eigenvalue weighted by Crippen LogP contribution is -2.49. The van der Waals surface area contributed by atoms with Crippen molar-refractivity contribution in [2.45, 2.75) is 25.8 Å². The first kappa shape index (κ1) is 15.8. The van der Waals surface area contributed by atoms with Crippen LogP contribution in [-0.2, 0) is 10.0 Å². The Hall–Kier alpha value is -0.620. The zero-order valence-electron chi connectivity index (χ0n) is 11.7. The molecule has 0 aromatic heterocycles. The predicted molar refractivity (Wildman–Crippen MR) is 82.5 cm³/mol. The molecule has 6 heteroatoms. The lowest BCUT2D eigenvalue weighted by molar-refractivity contribution is 0.271. The minimum Gasteiger partial charge on any atom is -0.313 e. The Bertz CT molecular complexity index is 548. The fourth-order valence-electron chi connectivity index (χ4n) is 2.46. The van der Waals surface area contributed by atoms with Gasteiger partial charge < -0.3 is 5.32 Å². The molecule has 1 heterocycles. The van der Waals surface area contributed by atoms with Crippen molar-refractivity contribution in [3.63, 3.8) is 0 Å². The summed E-state index contributed by atoms with van der Waals surface area (Å²) in [5, 5.41) is 3.90. The van der Waals surface area contributed by atoms with Crippen LogP contribution in [0, 0.1) is 0 Å². The largest absolute Gasteiger partial charge is 0.313 e. The quantitative estimate of drug-likeness (QED) is 0.907. The van der Waals surface area contributed by atoms with Crippen molar-refractivity contribution in [3.8, 4) is 0 Å². The van der Waals surface area contributed by atoms with Crippen molar-refractivity contribution in [2.24, 2.45) is 0 Å². The molecule has 1 fully saturated rings. The van der Waals surface area contributed by atoms with Gasteiger partial charge in [-0.25, -0.2) is 8.42 Å². The Morgan fingerprint density at radius 3 is 2.95 bits per heavy atom. The molecule has 1 aliphatic heterocycles. The van der Waals surface area contributed by atoms with E-state index in [2.05, 4.69) is 5.32 Å². The Morgan fingerprint density at radius 2 is 2.25 bits per heavy atom. The zero-order valence-corrected chi connectivity index (χ0v) is 13.3. The summed E-state index contributed by atoms with van der Waals surface area (Å²) in [6.45, 7) is 3.85. The number of benzene rings is 1. The van der Waals surface area contributed by atoms with Gasteiger partial charge in [0.2, 0.25) is 10.0 Å². The molecule has 4 nitrogen and oxygen atoms in total. The Labute approximate surface area is 126 Å². The van der Waals surface area contributed by atoms with E-state index in [9.17, 15) is 8.42 Å². The summed E-state index contributed by atoms with van der Waals surface area (Å²) >= 11 is 6.02. The zero-order chi connectivity index (χ0) is 14.6. The third kappa shape index (κ3) is 3.73. The number of nitrogens with one attached hydrogen (secondary N) is 1. The summed E-state index contributed by atoms with van der Waals surface area (Å²) in [7, 11) is -3.21. The second-order valence-electron chi connectivity index (χ2n) is 5.06. The summed E-state index contributed by atoms with van der Waals surface area (Å²) in [5.41, 5.74) is 0.949. The minimum atomic E-state index is -3.21. The van der Waals surface area contributed by atoms with Gasteiger partial charge in [-0.1, -0.05) is 37.1 Å². The van der Waals surface area contributed by atoms with Crippen LogP contribution in [0.15, 0.2) is 24.3 Å². The van der Waals surface area contributed by atoms with Gasteiger partial charge in [-0.3, -0.25) is 0 Å². The summed E-state index contributed by atoms with van der Waals surface area (Å²) < 4.78 is 26.6. The first-order valence-corrected chi connectivity index (χ1v) is 8.99. The van der Waals surface area contributed by atoms with Gasteiger partial charge in [0.1, 0.15) is 0 Å². The SMILES string of the molecule is CCCCS(=O)(=O)N1CCNCC1c1cccc(Cl)c1. The highest BCUT2D eigenvalue weighted by Gasteiger charge is 2.32. The third-order valence-electron chi connectivity index (χ3n) is 3.54. The van der Waals surface area contributed by atoms with Crippen LogP contribution >= 0.6 is 11.6 Å². The molecule has 0 spiro atoms. The monoisotopic (exact) mass is 316 g/mol. The van der Waals surface area contributed by atoms with Gasteiger partial charge in [-0.05, 0) is 24.1 Å². The molecule has 112 valence electrons. The lowest BCUT2D eigenvalue weighted by Gasteiger charge is -2.35. The minimum absolute atomic E-state index is 0.163. The van der Waals surface area contributed by atoms with Crippen molar-refractivity contribution in [1.82, 2.24) is 9.62 Å². The number of rotatable bonds is 5. The van der Waals surface area contributed by atoms with Gasteiger partial charge >= 0.3 is 0 Å². The van der Waals surface area contributed by atoms with Gasteiger partial charge in [-0.15, -0.1) is 0 Å². The highest BCUT2D eigenvalue weighted by molar-refractivity contribution is 7.89. The number of hydrogen-bond donors (Lipinski definition) is 1. The molecule has 1 atom stereocenters. The Morgan fingerprint density at radius 1 is 1.45 bits per heavy atom. The highest BCUT2D eigenvalue weighted by Crippen LogP contribution is 2.27. The topological polar surface area (TPSA) is 49.4 Å². The van der Waals surface area contributed by atoms with E-state index >= 15 is 0 Å². The summed E-state index contributed by atoms with van der Waals surface area (Å²) in [5.74, 6) is 0.223. The van der Waals surface area contributed by atoms with Crippen LogP contribution < -0.4 is 5.32 Å². The van der Waals surface area contributed by atoms with Crippen molar-refractivity contribution in [2.75, 3.05) is 25.4 Å². The molecule has 0 amide bonds. The van der Waals surface area contributed by atoms with E-state index in [-0.39, 0.29) is 11.8 Å². The van der Waals surface area contributed by atoms with Crippen LogP contribution in [0.4, 0.5) is 0 Å². The maximum atomic E-state index is 12.5. The van der Waals surface area contributed by atoms with Crippen LogP contribution in [0.25, 0.3) is 0 Å². The van der Waals surface area contributed by atoms with E-state index in [0.29, 0.717) is 31.1 Å². The summed E-state index contributed by atoms with van der Waals surface area (Å²) in [6.07, 6.45) is 1.58. The lowest BCUT2D eigenvalue weighted by atomic mass is 10.1. The van der Waals surface area contributed by atoms with E-state index in [1.807, 2.05) is 25.1 Å². The van der Waals surface area contributed by atoms with Gasteiger partial charge in [0, 0.05) is 24.7 Å². The third-order valence-corrected chi connectivity index (χ3v) is 5.73. The van der Waals surface area contributed by atoms with E-state index in [1.165, 1.54) is 0 Å². The van der Waals surface area contributed by atoms with Crippen LogP contribution in [0.3, 0.4) is 0 Å². The molecule has 0 radical (unpaired) electrons. The van der Waals surface area contributed by atoms with Crippen LogP contribution in [0.1, 0.15) is 31.4 Å². The summed E-state index contributed by atoms with van der Waals surface area (Å²) in [4.78, 5) is 0. The molecule has 1 saturated heterocycles.